The first-order valence-electron chi connectivity index (χ1n) is 13.2. The number of alkyl halides is 6. The Morgan fingerprint density at radius 2 is 1.49 bits per heavy atom. The standard InChI is InChI=1S/C28H30F6N6O/c1-18-25(19(2)40(36-18)23-6-4-3-5-7-23)17-37-8-10-38(11-9-37)24-15-39(16-24)26(41)35-22-13-20(27(29,30)31)12-21(14-22)28(32,33)34/h3-7,12-14,24H,8-11,15-17H2,1-2H3,(H,35,41). The van der Waals surface area contributed by atoms with Crippen molar-refractivity contribution in [2.24, 2.45) is 0 Å². The number of nitrogens with zero attached hydrogens (tertiary/aromatic N) is 5. The van der Waals surface area contributed by atoms with Crippen LogP contribution in [0.15, 0.2) is 48.5 Å². The molecular weight excluding hydrogens is 550 g/mol. The van der Waals surface area contributed by atoms with Gasteiger partial charge >= 0.3 is 18.4 Å². The number of aryl methyl sites for hydroxylation is 1. The summed E-state index contributed by atoms with van der Waals surface area (Å²) in [6, 6.07) is 10.4. The number of rotatable bonds is 5. The molecule has 5 rings (SSSR count). The van der Waals surface area contributed by atoms with Crippen molar-refractivity contribution >= 4 is 11.7 Å². The minimum Gasteiger partial charge on any atom is -0.321 e. The van der Waals surface area contributed by atoms with E-state index in [0.717, 1.165) is 49.8 Å². The summed E-state index contributed by atoms with van der Waals surface area (Å²) in [5.41, 5.74) is 0.793. The van der Waals surface area contributed by atoms with E-state index >= 15 is 0 Å². The zero-order chi connectivity index (χ0) is 29.5. The van der Waals surface area contributed by atoms with Gasteiger partial charge in [-0.2, -0.15) is 31.4 Å². The molecule has 2 fully saturated rings. The topological polar surface area (TPSA) is 56.6 Å². The zero-order valence-electron chi connectivity index (χ0n) is 22.6. The second-order valence-electron chi connectivity index (χ2n) is 10.5. The lowest BCUT2D eigenvalue weighted by molar-refractivity contribution is -0.143. The number of amides is 2. The predicted octanol–water partition coefficient (Wildman–Crippen LogP) is 5.56. The van der Waals surface area contributed by atoms with Crippen LogP contribution in [0.4, 0.5) is 36.8 Å². The summed E-state index contributed by atoms with van der Waals surface area (Å²) in [4.78, 5) is 18.6. The number of nitrogens with one attached hydrogen (secondary N) is 1. The molecule has 7 nitrogen and oxygen atoms in total. The SMILES string of the molecule is Cc1nn(-c2ccccc2)c(C)c1CN1CCN(C2CN(C(=O)Nc3cc(C(F)(F)F)cc(C(F)(F)F)c3)C2)CC1. The van der Waals surface area contributed by atoms with Gasteiger partial charge in [0.15, 0.2) is 0 Å². The summed E-state index contributed by atoms with van der Waals surface area (Å²) in [5, 5.41) is 6.93. The number of aromatic nitrogens is 2. The average Bonchev–Trinajstić information content (AvgIpc) is 3.16. The molecule has 0 bridgehead atoms. The molecule has 13 heteroatoms. The number of likely N-dealkylation sites (tertiary alicyclic amines) is 1. The molecule has 3 heterocycles. The van der Waals surface area contributed by atoms with E-state index in [1.54, 1.807) is 0 Å². The largest absolute Gasteiger partial charge is 0.416 e. The number of hydrogen-bond acceptors (Lipinski definition) is 4. The maximum absolute atomic E-state index is 13.1. The maximum Gasteiger partial charge on any atom is 0.416 e. The Morgan fingerprint density at radius 1 is 0.902 bits per heavy atom. The van der Waals surface area contributed by atoms with E-state index in [-0.39, 0.29) is 12.1 Å². The number of carbonyl (C=O) groups excluding carboxylic acids is 1. The Hall–Kier alpha value is -3.58. The summed E-state index contributed by atoms with van der Waals surface area (Å²) >= 11 is 0. The Labute approximate surface area is 233 Å². The van der Waals surface area contributed by atoms with Crippen molar-refractivity contribution in [1.82, 2.24) is 24.5 Å². The molecule has 0 unspecified atom stereocenters. The van der Waals surface area contributed by atoms with E-state index in [4.69, 9.17) is 5.10 Å². The number of halogens is 6. The molecule has 0 atom stereocenters. The Bertz CT molecular complexity index is 1360. The van der Waals surface area contributed by atoms with E-state index in [0.29, 0.717) is 25.2 Å². The van der Waals surface area contributed by atoms with Crippen LogP contribution in [-0.2, 0) is 18.9 Å². The molecule has 2 amide bonds. The molecule has 2 aliphatic heterocycles. The van der Waals surface area contributed by atoms with Crippen molar-refractivity contribution in [3.05, 3.63) is 76.6 Å². The summed E-state index contributed by atoms with van der Waals surface area (Å²) in [6.07, 6.45) is -9.96. The lowest BCUT2D eigenvalue weighted by atomic mass is 10.1. The molecule has 0 saturated carbocycles. The van der Waals surface area contributed by atoms with Crippen LogP contribution in [0.5, 0.6) is 0 Å². The molecule has 1 aromatic heterocycles. The van der Waals surface area contributed by atoms with Crippen LogP contribution in [0, 0.1) is 13.8 Å². The van der Waals surface area contributed by atoms with Crippen LogP contribution < -0.4 is 5.32 Å². The number of carbonyl (C=O) groups is 1. The van der Waals surface area contributed by atoms with Crippen LogP contribution in [0.2, 0.25) is 0 Å². The third kappa shape index (κ3) is 6.35. The van der Waals surface area contributed by atoms with Crippen LogP contribution in [0.1, 0.15) is 28.1 Å². The smallest absolute Gasteiger partial charge is 0.321 e. The van der Waals surface area contributed by atoms with Gasteiger partial charge in [0.25, 0.3) is 0 Å². The van der Waals surface area contributed by atoms with Crippen LogP contribution in [0.25, 0.3) is 5.69 Å². The Kier molecular flexibility index (Phi) is 7.77. The number of urea groups is 1. The van der Waals surface area contributed by atoms with Crippen molar-refractivity contribution < 1.29 is 31.1 Å². The summed E-state index contributed by atoms with van der Waals surface area (Å²) < 4.78 is 80.7. The van der Waals surface area contributed by atoms with Crippen molar-refractivity contribution in [2.45, 2.75) is 38.8 Å². The van der Waals surface area contributed by atoms with Gasteiger partial charge in [-0.25, -0.2) is 9.48 Å². The Balaban J connectivity index is 1.13. The maximum atomic E-state index is 13.1. The molecule has 0 spiro atoms. The molecule has 0 radical (unpaired) electrons. The molecule has 220 valence electrons. The number of hydrogen-bond donors (Lipinski definition) is 1. The second-order valence-corrected chi connectivity index (χ2v) is 10.5. The van der Waals surface area contributed by atoms with Gasteiger partial charge < -0.3 is 10.2 Å². The van der Waals surface area contributed by atoms with Crippen LogP contribution >= 0.6 is 0 Å². The van der Waals surface area contributed by atoms with Crippen LogP contribution in [0.3, 0.4) is 0 Å². The summed E-state index contributed by atoms with van der Waals surface area (Å²) in [6.45, 7) is 8.75. The minimum absolute atomic E-state index is 0.0347. The van der Waals surface area contributed by atoms with E-state index < -0.39 is 35.2 Å². The zero-order valence-corrected chi connectivity index (χ0v) is 22.6. The summed E-state index contributed by atoms with van der Waals surface area (Å²) in [5.74, 6) is 0. The third-order valence-electron chi connectivity index (χ3n) is 7.74. The number of benzene rings is 2. The number of anilines is 1. The first kappa shape index (κ1) is 28.9. The number of para-hydroxylation sites is 1. The highest BCUT2D eigenvalue weighted by Crippen LogP contribution is 2.37. The molecular formula is C28H30F6N6O. The van der Waals surface area contributed by atoms with Gasteiger partial charge in [-0.05, 0) is 44.2 Å². The van der Waals surface area contributed by atoms with E-state index in [1.807, 2.05) is 41.9 Å². The molecule has 41 heavy (non-hydrogen) atoms. The van der Waals surface area contributed by atoms with Gasteiger partial charge in [-0.1, -0.05) is 18.2 Å². The second kappa shape index (κ2) is 11.0. The van der Waals surface area contributed by atoms with Gasteiger partial charge in [-0.15, -0.1) is 0 Å². The van der Waals surface area contributed by atoms with Crippen LogP contribution in [-0.4, -0.2) is 75.8 Å². The first-order chi connectivity index (χ1) is 19.3. The van der Waals surface area contributed by atoms with Crippen molar-refractivity contribution in [1.29, 1.82) is 0 Å². The van der Waals surface area contributed by atoms with Gasteiger partial charge in [-0.3, -0.25) is 9.80 Å². The van der Waals surface area contributed by atoms with E-state index in [9.17, 15) is 31.1 Å². The highest BCUT2D eigenvalue weighted by molar-refractivity contribution is 5.90. The van der Waals surface area contributed by atoms with Gasteiger partial charge in [0.05, 0.1) is 22.5 Å². The monoisotopic (exact) mass is 580 g/mol. The third-order valence-corrected chi connectivity index (χ3v) is 7.74. The lowest BCUT2D eigenvalue weighted by Gasteiger charge is -2.48. The van der Waals surface area contributed by atoms with Gasteiger partial charge in [0.2, 0.25) is 0 Å². The highest BCUT2D eigenvalue weighted by atomic mass is 19.4. The molecule has 2 aromatic carbocycles. The van der Waals surface area contributed by atoms with E-state index in [2.05, 4.69) is 22.0 Å². The lowest BCUT2D eigenvalue weighted by Crippen LogP contribution is -2.64. The quantitative estimate of drug-likeness (QED) is 0.402. The number of piperazine rings is 1. The van der Waals surface area contributed by atoms with Crippen molar-refractivity contribution in [2.75, 3.05) is 44.6 Å². The van der Waals surface area contributed by atoms with E-state index in [1.165, 1.54) is 10.5 Å². The molecule has 2 aliphatic rings. The molecule has 3 aromatic rings. The minimum atomic E-state index is -4.98. The fraction of sp³-hybridized carbons (Fsp3) is 0.429. The Morgan fingerprint density at radius 3 is 2.05 bits per heavy atom. The van der Waals surface area contributed by atoms with Crippen molar-refractivity contribution in [3.8, 4) is 5.69 Å². The summed E-state index contributed by atoms with van der Waals surface area (Å²) in [7, 11) is 0. The first-order valence-corrected chi connectivity index (χ1v) is 13.2. The fourth-order valence-electron chi connectivity index (χ4n) is 5.32. The molecule has 1 N–H and O–H groups in total. The normalized spacial score (nSPS) is 17.5. The predicted molar refractivity (Wildman–Crippen MR) is 141 cm³/mol. The average molecular weight is 581 g/mol. The fourth-order valence-corrected chi connectivity index (χ4v) is 5.32. The van der Waals surface area contributed by atoms with Gasteiger partial charge in [0.1, 0.15) is 0 Å². The highest BCUT2D eigenvalue weighted by Gasteiger charge is 2.39. The van der Waals surface area contributed by atoms with Gasteiger partial charge in [0, 0.05) is 68.8 Å². The molecule has 0 aliphatic carbocycles. The van der Waals surface area contributed by atoms with Crippen molar-refractivity contribution in [3.63, 3.8) is 0 Å². The molecule has 2 saturated heterocycles.